The van der Waals surface area contributed by atoms with Gasteiger partial charge in [0, 0.05) is 0 Å². The molecule has 0 unspecified atom stereocenters. The van der Waals surface area contributed by atoms with Gasteiger partial charge in [-0.15, -0.1) is 0 Å². The molecule has 6 heteroatoms. The first kappa shape index (κ1) is 9.67. The fourth-order valence-corrected chi connectivity index (χ4v) is 1.42. The number of phenols is 1. The van der Waals surface area contributed by atoms with Gasteiger partial charge >= 0.3 is 5.63 Å². The van der Waals surface area contributed by atoms with Crippen molar-refractivity contribution in [2.75, 3.05) is 5.73 Å². The van der Waals surface area contributed by atoms with Crippen LogP contribution in [0, 0.1) is 0 Å². The molecule has 0 aliphatic carbocycles. The molecule has 0 spiro atoms. The lowest BCUT2D eigenvalue weighted by atomic mass is 10.2. The summed E-state index contributed by atoms with van der Waals surface area (Å²) in [5.41, 5.74) is 3.90. The molecule has 15 heavy (non-hydrogen) atoms. The van der Waals surface area contributed by atoms with E-state index >= 15 is 0 Å². The molecule has 4 N–H and O–H groups in total. The Morgan fingerprint density at radius 3 is 2.67 bits per heavy atom. The average Bonchev–Trinajstić information content (AvgIpc) is 2.21. The van der Waals surface area contributed by atoms with Crippen LogP contribution >= 0.6 is 11.6 Å². The van der Waals surface area contributed by atoms with Crippen molar-refractivity contribution in [3.8, 4) is 11.5 Å². The van der Waals surface area contributed by atoms with Gasteiger partial charge in [0.15, 0.2) is 17.0 Å². The molecule has 2 aromatic rings. The maximum absolute atomic E-state index is 11.1. The van der Waals surface area contributed by atoms with E-state index in [1.165, 1.54) is 12.1 Å². The van der Waals surface area contributed by atoms with Crippen molar-refractivity contribution in [3.05, 3.63) is 27.6 Å². The SMILES string of the molecule is Nc1c(O)c2ccc(O)c(Cl)c2oc1=O. The predicted molar refractivity (Wildman–Crippen MR) is 55.2 cm³/mol. The van der Waals surface area contributed by atoms with Crippen molar-refractivity contribution in [3.63, 3.8) is 0 Å². The largest absolute Gasteiger partial charge is 0.506 e. The zero-order valence-electron chi connectivity index (χ0n) is 7.32. The fraction of sp³-hybridized carbons (Fsp3) is 0. The molecular formula is C9H6ClNO4. The van der Waals surface area contributed by atoms with Crippen molar-refractivity contribution in [1.82, 2.24) is 0 Å². The summed E-state index contributed by atoms with van der Waals surface area (Å²) in [5, 5.41) is 18.8. The van der Waals surface area contributed by atoms with Crippen molar-refractivity contribution in [1.29, 1.82) is 0 Å². The zero-order valence-corrected chi connectivity index (χ0v) is 8.08. The first-order chi connectivity index (χ1) is 7.02. The van der Waals surface area contributed by atoms with Crippen molar-refractivity contribution < 1.29 is 14.6 Å². The number of rotatable bonds is 0. The van der Waals surface area contributed by atoms with E-state index in [9.17, 15) is 15.0 Å². The van der Waals surface area contributed by atoms with Gasteiger partial charge in [-0.25, -0.2) is 4.79 Å². The standard InChI is InChI=1S/C9H6ClNO4/c10-5-4(12)2-1-3-7(13)6(11)9(14)15-8(3)5/h1-2,12-13H,11H2. The molecule has 0 saturated carbocycles. The van der Waals surface area contributed by atoms with Crippen LogP contribution in [-0.2, 0) is 0 Å². The van der Waals surface area contributed by atoms with E-state index in [4.69, 9.17) is 21.8 Å². The monoisotopic (exact) mass is 227 g/mol. The van der Waals surface area contributed by atoms with Gasteiger partial charge in [-0.2, -0.15) is 0 Å². The number of anilines is 1. The highest BCUT2D eigenvalue weighted by atomic mass is 35.5. The summed E-state index contributed by atoms with van der Waals surface area (Å²) >= 11 is 5.69. The Bertz CT molecular complexity index is 605. The van der Waals surface area contributed by atoms with Gasteiger partial charge in [0.05, 0.1) is 5.39 Å². The normalized spacial score (nSPS) is 10.7. The molecule has 0 aliphatic heterocycles. The highest BCUT2D eigenvalue weighted by Crippen LogP contribution is 2.36. The van der Waals surface area contributed by atoms with Crippen molar-refractivity contribution in [2.24, 2.45) is 0 Å². The Labute approximate surface area is 88.3 Å². The fourth-order valence-electron chi connectivity index (χ4n) is 1.22. The lowest BCUT2D eigenvalue weighted by Gasteiger charge is -2.04. The van der Waals surface area contributed by atoms with Gasteiger partial charge < -0.3 is 20.4 Å². The van der Waals surface area contributed by atoms with Crippen LogP contribution in [0.3, 0.4) is 0 Å². The van der Waals surface area contributed by atoms with Gasteiger partial charge in [-0.3, -0.25) is 0 Å². The van der Waals surface area contributed by atoms with Crippen LogP contribution in [0.25, 0.3) is 11.0 Å². The minimum absolute atomic E-state index is 0.0895. The summed E-state index contributed by atoms with van der Waals surface area (Å²) in [7, 11) is 0. The van der Waals surface area contributed by atoms with Gasteiger partial charge in [0.1, 0.15) is 10.8 Å². The molecule has 0 fully saturated rings. The number of benzene rings is 1. The lowest BCUT2D eigenvalue weighted by molar-refractivity contribution is 0.465. The van der Waals surface area contributed by atoms with Crippen LogP contribution in [0.5, 0.6) is 11.5 Å². The van der Waals surface area contributed by atoms with Gasteiger partial charge in [0.25, 0.3) is 0 Å². The second-order valence-electron chi connectivity index (χ2n) is 2.93. The first-order valence-electron chi connectivity index (χ1n) is 3.95. The number of aromatic hydroxyl groups is 2. The molecule has 0 amide bonds. The summed E-state index contributed by atoms with van der Waals surface area (Å²) in [4.78, 5) is 11.1. The van der Waals surface area contributed by atoms with Crippen molar-refractivity contribution >= 4 is 28.3 Å². The molecule has 5 nitrogen and oxygen atoms in total. The highest BCUT2D eigenvalue weighted by Gasteiger charge is 2.15. The van der Waals surface area contributed by atoms with E-state index in [2.05, 4.69) is 0 Å². The Morgan fingerprint density at radius 2 is 2.00 bits per heavy atom. The Balaban J connectivity index is 3.05. The molecule has 1 aromatic carbocycles. The Kier molecular flexibility index (Phi) is 1.97. The molecule has 78 valence electrons. The molecule has 0 radical (unpaired) electrons. The third kappa shape index (κ3) is 1.28. The maximum Gasteiger partial charge on any atom is 0.363 e. The molecule has 1 heterocycles. The number of fused-ring (bicyclic) bond motifs is 1. The minimum atomic E-state index is -0.896. The van der Waals surface area contributed by atoms with Gasteiger partial charge in [0.2, 0.25) is 0 Å². The quantitative estimate of drug-likeness (QED) is 0.592. The van der Waals surface area contributed by atoms with E-state index in [1.807, 2.05) is 0 Å². The molecule has 1 aromatic heterocycles. The van der Waals surface area contributed by atoms with E-state index in [0.29, 0.717) is 0 Å². The van der Waals surface area contributed by atoms with E-state index < -0.39 is 11.4 Å². The van der Waals surface area contributed by atoms with Crippen LogP contribution in [0.15, 0.2) is 21.3 Å². The summed E-state index contributed by atoms with van der Waals surface area (Å²) in [6.45, 7) is 0. The second-order valence-corrected chi connectivity index (χ2v) is 3.31. The molecular weight excluding hydrogens is 222 g/mol. The Hall–Kier alpha value is -1.88. The molecule has 0 saturated heterocycles. The zero-order chi connectivity index (χ0) is 11.2. The van der Waals surface area contributed by atoms with Crippen molar-refractivity contribution in [2.45, 2.75) is 0 Å². The number of nitrogen functional groups attached to an aromatic ring is 1. The summed E-state index contributed by atoms with van der Waals surface area (Å²) < 4.78 is 4.75. The molecule has 0 bridgehead atoms. The lowest BCUT2D eigenvalue weighted by Crippen LogP contribution is -2.06. The smallest absolute Gasteiger partial charge is 0.363 e. The van der Waals surface area contributed by atoms with Crippen LogP contribution in [0.4, 0.5) is 5.69 Å². The third-order valence-electron chi connectivity index (χ3n) is 2.00. The molecule has 0 aliphatic rings. The van der Waals surface area contributed by atoms with Crippen LogP contribution in [0.1, 0.15) is 0 Å². The number of nitrogens with two attached hydrogens (primary N) is 1. The Morgan fingerprint density at radius 1 is 1.33 bits per heavy atom. The van der Waals surface area contributed by atoms with Crippen LogP contribution in [0.2, 0.25) is 5.02 Å². The minimum Gasteiger partial charge on any atom is -0.506 e. The predicted octanol–water partition coefficient (Wildman–Crippen LogP) is 1.44. The number of hydrogen-bond donors (Lipinski definition) is 3. The highest BCUT2D eigenvalue weighted by molar-refractivity contribution is 6.36. The molecule has 2 rings (SSSR count). The van der Waals surface area contributed by atoms with E-state index in [0.717, 1.165) is 0 Å². The maximum atomic E-state index is 11.1. The molecule has 0 atom stereocenters. The first-order valence-corrected chi connectivity index (χ1v) is 4.33. The third-order valence-corrected chi connectivity index (χ3v) is 2.37. The van der Waals surface area contributed by atoms with E-state index in [-0.39, 0.29) is 27.4 Å². The van der Waals surface area contributed by atoms with Crippen LogP contribution in [-0.4, -0.2) is 10.2 Å². The topological polar surface area (TPSA) is 96.7 Å². The van der Waals surface area contributed by atoms with Gasteiger partial charge in [-0.1, -0.05) is 11.6 Å². The summed E-state index contributed by atoms with van der Waals surface area (Å²) in [6, 6.07) is 2.62. The van der Waals surface area contributed by atoms with Gasteiger partial charge in [-0.05, 0) is 12.1 Å². The summed E-state index contributed by atoms with van der Waals surface area (Å²) in [6.07, 6.45) is 0. The average molecular weight is 228 g/mol. The summed E-state index contributed by atoms with van der Waals surface area (Å²) in [5.74, 6) is -0.639. The second kappa shape index (κ2) is 3.06. The number of phenolic OH excluding ortho intramolecular Hbond substituents is 1. The number of hydrogen-bond acceptors (Lipinski definition) is 5. The number of halogens is 1. The van der Waals surface area contributed by atoms with Crippen LogP contribution < -0.4 is 11.4 Å². The van der Waals surface area contributed by atoms with E-state index in [1.54, 1.807) is 0 Å².